The van der Waals surface area contributed by atoms with Crippen molar-refractivity contribution in [2.75, 3.05) is 10.6 Å². The number of amides is 1. The van der Waals surface area contributed by atoms with Crippen molar-refractivity contribution in [2.24, 2.45) is 0 Å². The number of carbonyl (C=O) groups is 1. The summed E-state index contributed by atoms with van der Waals surface area (Å²) in [6.07, 6.45) is 0. The summed E-state index contributed by atoms with van der Waals surface area (Å²) in [7, 11) is 0. The second kappa shape index (κ2) is 6.16. The van der Waals surface area contributed by atoms with Crippen LogP contribution in [-0.2, 0) is 11.3 Å². The van der Waals surface area contributed by atoms with Crippen molar-refractivity contribution < 1.29 is 9.18 Å². The van der Waals surface area contributed by atoms with Gasteiger partial charge in [-0.15, -0.1) is 11.3 Å². The van der Waals surface area contributed by atoms with Gasteiger partial charge in [-0.25, -0.2) is 4.39 Å². The van der Waals surface area contributed by atoms with Gasteiger partial charge in [-0.1, -0.05) is 6.07 Å². The van der Waals surface area contributed by atoms with Crippen LogP contribution in [0.4, 0.5) is 15.8 Å². The zero-order valence-electron chi connectivity index (χ0n) is 10.2. The lowest BCUT2D eigenvalue weighted by Crippen LogP contribution is -2.08. The minimum Gasteiger partial charge on any atom is -0.377 e. The molecule has 0 aliphatic rings. The van der Waals surface area contributed by atoms with E-state index in [0.29, 0.717) is 16.7 Å². The fraction of sp³-hybridized carbons (Fsp3) is 0.154. The van der Waals surface area contributed by atoms with Crippen molar-refractivity contribution in [1.29, 1.82) is 0 Å². The van der Waals surface area contributed by atoms with Gasteiger partial charge in [-0.05, 0) is 39.5 Å². The Hall–Kier alpha value is -1.40. The molecule has 1 aromatic heterocycles. The van der Waals surface area contributed by atoms with Crippen molar-refractivity contribution in [2.45, 2.75) is 13.5 Å². The minimum atomic E-state index is -0.313. The molecule has 0 spiro atoms. The van der Waals surface area contributed by atoms with Crippen LogP contribution in [-0.4, -0.2) is 5.91 Å². The van der Waals surface area contributed by atoms with E-state index in [1.54, 1.807) is 12.1 Å². The van der Waals surface area contributed by atoms with E-state index >= 15 is 0 Å². The molecule has 0 aliphatic heterocycles. The van der Waals surface area contributed by atoms with Crippen LogP contribution in [0.25, 0.3) is 0 Å². The van der Waals surface area contributed by atoms with E-state index < -0.39 is 0 Å². The molecule has 0 aliphatic carbocycles. The Bertz CT molecular complexity index is 580. The minimum absolute atomic E-state index is 0.119. The number of hydrogen-bond donors (Lipinski definition) is 2. The first-order valence-corrected chi connectivity index (χ1v) is 7.27. The van der Waals surface area contributed by atoms with Gasteiger partial charge >= 0.3 is 0 Å². The molecular formula is C13H12BrFN2OS. The Morgan fingerprint density at radius 1 is 1.42 bits per heavy atom. The van der Waals surface area contributed by atoms with Gasteiger partial charge in [0, 0.05) is 16.3 Å². The van der Waals surface area contributed by atoms with Crippen molar-refractivity contribution in [1.82, 2.24) is 0 Å². The molecule has 1 aromatic carbocycles. The monoisotopic (exact) mass is 342 g/mol. The van der Waals surface area contributed by atoms with Crippen LogP contribution in [0.3, 0.4) is 0 Å². The van der Waals surface area contributed by atoms with Crippen LogP contribution >= 0.6 is 27.3 Å². The van der Waals surface area contributed by atoms with Crippen molar-refractivity contribution in [3.8, 4) is 0 Å². The van der Waals surface area contributed by atoms with Crippen molar-refractivity contribution in [3.63, 3.8) is 0 Å². The molecule has 1 heterocycles. The molecule has 2 N–H and O–H groups in total. The number of thiophene rings is 1. The highest BCUT2D eigenvalue weighted by Gasteiger charge is 2.09. The average molecular weight is 343 g/mol. The van der Waals surface area contributed by atoms with Gasteiger partial charge in [-0.2, -0.15) is 0 Å². The molecule has 0 fully saturated rings. The highest BCUT2D eigenvalue weighted by atomic mass is 79.9. The molecule has 0 saturated carbocycles. The molecule has 0 bridgehead atoms. The van der Waals surface area contributed by atoms with Crippen molar-refractivity contribution >= 4 is 44.5 Å². The highest BCUT2D eigenvalue weighted by Crippen LogP contribution is 2.28. The Balaban J connectivity index is 2.11. The summed E-state index contributed by atoms with van der Waals surface area (Å²) in [6.45, 7) is 1.91. The molecule has 2 aromatic rings. The molecule has 3 nitrogen and oxygen atoms in total. The Morgan fingerprint density at radius 3 is 2.89 bits per heavy atom. The smallest absolute Gasteiger partial charge is 0.221 e. The van der Waals surface area contributed by atoms with Crippen LogP contribution in [0.2, 0.25) is 0 Å². The van der Waals surface area contributed by atoms with Gasteiger partial charge < -0.3 is 10.6 Å². The molecule has 100 valence electrons. The second-order valence-corrected chi connectivity index (χ2v) is 5.74. The van der Waals surface area contributed by atoms with E-state index in [1.165, 1.54) is 24.3 Å². The first kappa shape index (κ1) is 14.0. The maximum atomic E-state index is 13.6. The van der Waals surface area contributed by atoms with Gasteiger partial charge in [0.25, 0.3) is 0 Å². The summed E-state index contributed by atoms with van der Waals surface area (Å²) in [4.78, 5) is 12.0. The third kappa shape index (κ3) is 3.54. The normalized spacial score (nSPS) is 10.3. The van der Waals surface area contributed by atoms with Gasteiger partial charge in [0.1, 0.15) is 5.82 Å². The number of carbonyl (C=O) groups excluding carboxylic acids is 1. The summed E-state index contributed by atoms with van der Waals surface area (Å²) in [5, 5.41) is 7.67. The second-order valence-electron chi connectivity index (χ2n) is 3.89. The van der Waals surface area contributed by atoms with Crippen LogP contribution in [0.15, 0.2) is 34.1 Å². The number of hydrogen-bond acceptors (Lipinski definition) is 3. The number of halogens is 2. The molecule has 19 heavy (non-hydrogen) atoms. The van der Waals surface area contributed by atoms with Crippen LogP contribution < -0.4 is 10.6 Å². The third-order valence-electron chi connectivity index (χ3n) is 2.44. The van der Waals surface area contributed by atoms with Crippen molar-refractivity contribution in [3.05, 3.63) is 44.8 Å². The van der Waals surface area contributed by atoms with E-state index in [2.05, 4.69) is 26.6 Å². The number of rotatable bonds is 4. The predicted octanol–water partition coefficient (Wildman–Crippen LogP) is 4.22. The summed E-state index contributed by atoms with van der Waals surface area (Å²) < 4.78 is 14.3. The highest BCUT2D eigenvalue weighted by molar-refractivity contribution is 9.10. The number of para-hydroxylation sites is 1. The quantitative estimate of drug-likeness (QED) is 0.873. The Kier molecular flexibility index (Phi) is 4.55. The lowest BCUT2D eigenvalue weighted by molar-refractivity contribution is -0.114. The molecule has 0 unspecified atom stereocenters. The standard InChI is InChI=1S/C13H12BrFN2OS/c1-8(18)17-11-5-6-19-12(11)7-16-13-9(14)3-2-4-10(13)15/h2-6,16H,7H2,1H3,(H,17,18). The zero-order chi connectivity index (χ0) is 13.8. The predicted molar refractivity (Wildman–Crippen MR) is 80.0 cm³/mol. The molecule has 0 radical (unpaired) electrons. The fourth-order valence-electron chi connectivity index (χ4n) is 1.61. The zero-order valence-corrected chi connectivity index (χ0v) is 12.6. The maximum Gasteiger partial charge on any atom is 0.221 e. The van der Waals surface area contributed by atoms with E-state index in [4.69, 9.17) is 0 Å². The lowest BCUT2D eigenvalue weighted by Gasteiger charge is -2.10. The van der Waals surface area contributed by atoms with Gasteiger partial charge in [0.05, 0.1) is 17.9 Å². The van der Waals surface area contributed by atoms with Crippen LogP contribution in [0.1, 0.15) is 11.8 Å². The first-order chi connectivity index (χ1) is 9.08. The van der Waals surface area contributed by atoms with Gasteiger partial charge in [0.15, 0.2) is 0 Å². The van der Waals surface area contributed by atoms with Gasteiger partial charge in [0.2, 0.25) is 5.91 Å². The third-order valence-corrected chi connectivity index (χ3v) is 4.03. The SMILES string of the molecule is CC(=O)Nc1ccsc1CNc1c(F)cccc1Br. The summed E-state index contributed by atoms with van der Waals surface area (Å²) in [5.74, 6) is -0.432. The summed E-state index contributed by atoms with van der Waals surface area (Å²) in [5.41, 5.74) is 1.18. The van der Waals surface area contributed by atoms with E-state index in [1.807, 2.05) is 11.4 Å². The number of nitrogens with one attached hydrogen (secondary N) is 2. The van der Waals surface area contributed by atoms with E-state index in [9.17, 15) is 9.18 Å². The molecule has 0 atom stereocenters. The number of anilines is 2. The first-order valence-electron chi connectivity index (χ1n) is 5.60. The Labute approximate surface area is 123 Å². The molecular weight excluding hydrogens is 331 g/mol. The molecule has 1 amide bonds. The van der Waals surface area contributed by atoms with E-state index in [-0.39, 0.29) is 11.7 Å². The molecule has 2 rings (SSSR count). The molecule has 0 saturated heterocycles. The topological polar surface area (TPSA) is 41.1 Å². The maximum absolute atomic E-state index is 13.6. The van der Waals surface area contributed by atoms with E-state index in [0.717, 1.165) is 10.6 Å². The van der Waals surface area contributed by atoms with Crippen LogP contribution in [0.5, 0.6) is 0 Å². The average Bonchev–Trinajstić information content (AvgIpc) is 2.75. The number of benzene rings is 1. The molecule has 6 heteroatoms. The Morgan fingerprint density at radius 2 is 2.21 bits per heavy atom. The summed E-state index contributed by atoms with van der Waals surface area (Å²) in [6, 6.07) is 6.64. The lowest BCUT2D eigenvalue weighted by atomic mass is 10.3. The van der Waals surface area contributed by atoms with Gasteiger partial charge in [-0.3, -0.25) is 4.79 Å². The largest absolute Gasteiger partial charge is 0.377 e. The summed E-state index contributed by atoms with van der Waals surface area (Å²) >= 11 is 4.81. The van der Waals surface area contributed by atoms with Crippen LogP contribution in [0, 0.1) is 5.82 Å². The fourth-order valence-corrected chi connectivity index (χ4v) is 2.87.